The minimum atomic E-state index is -0.432. The van der Waals surface area contributed by atoms with Gasteiger partial charge in [0.05, 0.1) is 16.2 Å². The van der Waals surface area contributed by atoms with Gasteiger partial charge < -0.3 is 10.6 Å². The lowest BCUT2D eigenvalue weighted by Crippen LogP contribution is -2.54. The zero-order chi connectivity index (χ0) is 22.1. The molecule has 0 spiro atoms. The molecular weight excluding hydrogens is 406 g/mol. The molecule has 0 aliphatic carbocycles. The van der Waals surface area contributed by atoms with Gasteiger partial charge in [0.15, 0.2) is 5.17 Å². The molecule has 31 heavy (non-hydrogen) atoms. The molecule has 3 heterocycles. The summed E-state index contributed by atoms with van der Waals surface area (Å²) in [6, 6.07) is 14.8. The van der Waals surface area contributed by atoms with Crippen LogP contribution in [-0.4, -0.2) is 22.5 Å². The van der Waals surface area contributed by atoms with Gasteiger partial charge in [0.25, 0.3) is 11.8 Å². The largest absolute Gasteiger partial charge is 0.378 e. The molecule has 0 fully saturated rings. The highest BCUT2D eigenvalue weighted by Crippen LogP contribution is 2.57. The van der Waals surface area contributed by atoms with Crippen molar-refractivity contribution < 1.29 is 9.59 Å². The number of aryl methyl sites for hydroxylation is 1. The van der Waals surface area contributed by atoms with Crippen LogP contribution in [-0.2, 0) is 21.4 Å². The van der Waals surface area contributed by atoms with Crippen molar-refractivity contribution in [2.24, 2.45) is 10.7 Å². The van der Waals surface area contributed by atoms with Crippen molar-refractivity contribution in [2.75, 3.05) is 4.90 Å². The molecule has 158 valence electrons. The van der Waals surface area contributed by atoms with E-state index in [9.17, 15) is 9.59 Å². The van der Waals surface area contributed by atoms with Crippen LogP contribution >= 0.6 is 11.8 Å². The lowest BCUT2D eigenvalue weighted by atomic mass is 9.65. The monoisotopic (exact) mass is 431 g/mol. The van der Waals surface area contributed by atoms with Crippen molar-refractivity contribution in [1.82, 2.24) is 0 Å². The number of amidine groups is 1. The molecule has 2 aromatic rings. The summed E-state index contributed by atoms with van der Waals surface area (Å²) < 4.78 is 0. The molecule has 6 heteroatoms. The number of amides is 2. The number of benzene rings is 2. The van der Waals surface area contributed by atoms with Crippen molar-refractivity contribution in [3.05, 3.63) is 69.6 Å². The maximum atomic E-state index is 13.8. The van der Waals surface area contributed by atoms with Gasteiger partial charge in [-0.3, -0.25) is 9.59 Å². The second kappa shape index (κ2) is 6.57. The van der Waals surface area contributed by atoms with E-state index in [1.54, 1.807) is 0 Å². The second-order valence-corrected chi connectivity index (χ2v) is 10.3. The molecule has 0 aromatic heterocycles. The van der Waals surface area contributed by atoms with Crippen LogP contribution in [0.5, 0.6) is 0 Å². The third-order valence-electron chi connectivity index (χ3n) is 6.72. The third-order valence-corrected chi connectivity index (χ3v) is 7.61. The number of aliphatic imine (C=N–C) groups is 1. The summed E-state index contributed by atoms with van der Waals surface area (Å²) in [5.74, 6) is -0.560. The quantitative estimate of drug-likeness (QED) is 0.716. The number of anilines is 1. The van der Waals surface area contributed by atoms with Crippen LogP contribution in [0.15, 0.2) is 52.4 Å². The first-order chi connectivity index (χ1) is 14.7. The Balaban J connectivity index is 1.86. The summed E-state index contributed by atoms with van der Waals surface area (Å²) in [6.07, 6.45) is 1.61. The summed E-state index contributed by atoms with van der Waals surface area (Å²) in [5, 5.41) is 0.190. The van der Waals surface area contributed by atoms with Crippen LogP contribution in [0.4, 0.5) is 5.69 Å². The van der Waals surface area contributed by atoms with Gasteiger partial charge in [-0.25, -0.2) is 0 Å². The van der Waals surface area contributed by atoms with Gasteiger partial charge in [-0.05, 0) is 61.2 Å². The lowest BCUT2D eigenvalue weighted by Gasteiger charge is -2.50. The van der Waals surface area contributed by atoms with Crippen molar-refractivity contribution >= 4 is 40.0 Å². The zero-order valence-electron chi connectivity index (χ0n) is 18.2. The van der Waals surface area contributed by atoms with Crippen molar-refractivity contribution in [1.29, 1.82) is 0 Å². The van der Waals surface area contributed by atoms with E-state index in [1.165, 1.54) is 5.56 Å². The molecular formula is C25H25N3O2S. The number of nitrogens with two attached hydrogens (primary N) is 1. The first-order valence-electron chi connectivity index (χ1n) is 10.6. The van der Waals surface area contributed by atoms with E-state index in [1.807, 2.05) is 11.0 Å². The fourth-order valence-electron chi connectivity index (χ4n) is 5.46. The fraction of sp³-hybridized carbons (Fsp3) is 0.320. The van der Waals surface area contributed by atoms with E-state index in [4.69, 9.17) is 5.73 Å². The van der Waals surface area contributed by atoms with E-state index in [0.717, 1.165) is 47.0 Å². The second-order valence-electron chi connectivity index (χ2n) is 9.28. The van der Waals surface area contributed by atoms with E-state index >= 15 is 0 Å². The first-order valence-corrected chi connectivity index (χ1v) is 11.4. The maximum Gasteiger partial charge on any atom is 0.287 e. The standard InChI is InChI=1S/C25H25N3O2S/c1-5-14-11-16-18(20-21(29)27-23(26)31-20)22(30)28-19(16)17(12-14)25(4,13-24(28,2)3)15-9-7-6-8-10-15/h6-12H,5,13H2,1-4H3,(H2,26,27,29). The number of hydrogen-bond donors (Lipinski definition) is 1. The molecule has 2 amide bonds. The van der Waals surface area contributed by atoms with Gasteiger partial charge in [-0.2, -0.15) is 4.99 Å². The molecule has 0 bridgehead atoms. The number of rotatable bonds is 2. The Morgan fingerprint density at radius 2 is 1.84 bits per heavy atom. The lowest BCUT2D eigenvalue weighted by molar-refractivity contribution is -0.115. The predicted molar refractivity (Wildman–Crippen MR) is 126 cm³/mol. The summed E-state index contributed by atoms with van der Waals surface area (Å²) in [5.41, 5.74) is 10.8. The summed E-state index contributed by atoms with van der Waals surface area (Å²) in [4.78, 5) is 32.5. The van der Waals surface area contributed by atoms with Crippen molar-refractivity contribution in [3.63, 3.8) is 0 Å². The van der Waals surface area contributed by atoms with Gasteiger partial charge in [-0.15, -0.1) is 0 Å². The highest BCUT2D eigenvalue weighted by molar-refractivity contribution is 8.18. The average Bonchev–Trinajstić information content (AvgIpc) is 3.21. The van der Waals surface area contributed by atoms with Gasteiger partial charge >= 0.3 is 0 Å². The normalized spacial score (nSPS) is 26.3. The van der Waals surface area contributed by atoms with Crippen LogP contribution in [0, 0.1) is 0 Å². The van der Waals surface area contributed by atoms with Crippen LogP contribution in [0.2, 0.25) is 0 Å². The van der Waals surface area contributed by atoms with Crippen molar-refractivity contribution in [3.8, 4) is 0 Å². The molecule has 3 aliphatic heterocycles. The minimum Gasteiger partial charge on any atom is -0.378 e. The molecule has 3 aliphatic rings. The number of hydrogen-bond acceptors (Lipinski definition) is 4. The third kappa shape index (κ3) is 2.74. The van der Waals surface area contributed by atoms with Crippen LogP contribution in [0.1, 0.15) is 56.4 Å². The highest BCUT2D eigenvalue weighted by Gasteiger charge is 2.53. The van der Waals surface area contributed by atoms with E-state index in [0.29, 0.717) is 10.5 Å². The maximum absolute atomic E-state index is 13.8. The van der Waals surface area contributed by atoms with Gasteiger partial charge in [0, 0.05) is 16.5 Å². The topological polar surface area (TPSA) is 75.8 Å². The zero-order valence-corrected chi connectivity index (χ0v) is 19.0. The van der Waals surface area contributed by atoms with E-state index in [-0.39, 0.29) is 16.5 Å². The Labute approximate surface area is 186 Å². The smallest absolute Gasteiger partial charge is 0.287 e. The molecule has 2 N–H and O–H groups in total. The Kier molecular flexibility index (Phi) is 4.25. The Morgan fingerprint density at radius 1 is 1.13 bits per heavy atom. The number of thioether (sulfide) groups is 1. The fourth-order valence-corrected chi connectivity index (χ4v) is 6.23. The van der Waals surface area contributed by atoms with Crippen LogP contribution in [0.25, 0.3) is 5.57 Å². The molecule has 0 saturated heterocycles. The SMILES string of the molecule is CCc1cc2c3c(c1)C(C)(c1ccccc1)CC(C)(C)N3C(=O)C2=C1SC(N)=NC1=O. The minimum absolute atomic E-state index is 0.134. The molecule has 1 unspecified atom stereocenters. The van der Waals surface area contributed by atoms with Gasteiger partial charge in [0.1, 0.15) is 0 Å². The predicted octanol–water partition coefficient (Wildman–Crippen LogP) is 4.38. The van der Waals surface area contributed by atoms with Crippen molar-refractivity contribution in [2.45, 2.75) is 51.5 Å². The number of nitrogens with zero attached hydrogens (tertiary/aromatic N) is 2. The molecule has 1 atom stereocenters. The van der Waals surface area contributed by atoms with E-state index in [2.05, 4.69) is 69.1 Å². The Hall–Kier alpha value is -2.86. The van der Waals surface area contributed by atoms with Crippen LogP contribution in [0.3, 0.4) is 0 Å². The highest BCUT2D eigenvalue weighted by atomic mass is 32.2. The van der Waals surface area contributed by atoms with Gasteiger partial charge in [-0.1, -0.05) is 50.2 Å². The Morgan fingerprint density at radius 3 is 2.45 bits per heavy atom. The molecule has 5 rings (SSSR count). The first kappa shape index (κ1) is 20.1. The van der Waals surface area contributed by atoms with Crippen LogP contribution < -0.4 is 10.6 Å². The summed E-state index contributed by atoms with van der Waals surface area (Å²) in [7, 11) is 0. The molecule has 2 aromatic carbocycles. The number of carbonyl (C=O) groups excluding carboxylic acids is 2. The summed E-state index contributed by atoms with van der Waals surface area (Å²) >= 11 is 1.10. The van der Waals surface area contributed by atoms with E-state index < -0.39 is 11.4 Å². The summed E-state index contributed by atoms with van der Waals surface area (Å²) in [6.45, 7) is 8.59. The Bertz CT molecular complexity index is 1210. The average molecular weight is 432 g/mol. The van der Waals surface area contributed by atoms with Gasteiger partial charge in [0.2, 0.25) is 0 Å². The molecule has 5 nitrogen and oxygen atoms in total. The number of carbonyl (C=O) groups is 2. The molecule has 0 saturated carbocycles. The molecule has 0 radical (unpaired) electrons.